The van der Waals surface area contributed by atoms with Crippen LogP contribution in [-0.2, 0) is 6.54 Å². The van der Waals surface area contributed by atoms with Gasteiger partial charge in [-0.25, -0.2) is 0 Å². The zero-order valence-corrected chi connectivity index (χ0v) is 8.11. The highest BCUT2D eigenvalue weighted by atomic mass is 15.0. The van der Waals surface area contributed by atoms with Gasteiger partial charge < -0.3 is 10.3 Å². The Morgan fingerprint density at radius 2 is 2.07 bits per heavy atom. The lowest BCUT2D eigenvalue weighted by Crippen LogP contribution is -1.94. The van der Waals surface area contributed by atoms with E-state index in [2.05, 4.69) is 35.0 Å². The van der Waals surface area contributed by atoms with Gasteiger partial charge in [0.1, 0.15) is 0 Å². The minimum Gasteiger partial charge on any atom is -0.344 e. The molecule has 0 atom stereocenters. The van der Waals surface area contributed by atoms with Crippen LogP contribution in [0.3, 0.4) is 0 Å². The van der Waals surface area contributed by atoms with Crippen molar-refractivity contribution in [3.63, 3.8) is 0 Å². The van der Waals surface area contributed by atoms with E-state index < -0.39 is 0 Å². The Bertz CT molecular complexity index is 466. The monoisotopic (exact) mass is 186 g/mol. The van der Waals surface area contributed by atoms with Gasteiger partial charge in [-0.15, -0.1) is 0 Å². The first-order valence-electron chi connectivity index (χ1n) is 5.18. The zero-order valence-electron chi connectivity index (χ0n) is 8.11. The van der Waals surface area contributed by atoms with Crippen LogP contribution in [0.4, 0.5) is 0 Å². The molecule has 0 unspecified atom stereocenters. The quantitative estimate of drug-likeness (QED) is 0.767. The van der Waals surface area contributed by atoms with Crippen molar-refractivity contribution in [1.82, 2.24) is 4.57 Å². The number of rotatable bonds is 2. The predicted molar refractivity (Wildman–Crippen MR) is 58.1 cm³/mol. The first-order valence-corrected chi connectivity index (χ1v) is 5.18. The standard InChI is InChI=1S/C12H14N2/c13-7-9-8-14(10-5-6-10)12-4-2-1-3-11(9)12/h1-4,8,10H,5-7,13H2. The second kappa shape index (κ2) is 2.85. The molecule has 0 amide bonds. The van der Waals surface area contributed by atoms with Gasteiger partial charge in [-0.3, -0.25) is 0 Å². The maximum Gasteiger partial charge on any atom is 0.0486 e. The Morgan fingerprint density at radius 1 is 1.29 bits per heavy atom. The van der Waals surface area contributed by atoms with Crippen molar-refractivity contribution in [3.05, 3.63) is 36.0 Å². The van der Waals surface area contributed by atoms with Crippen LogP contribution in [0.1, 0.15) is 24.4 Å². The van der Waals surface area contributed by atoms with E-state index in [9.17, 15) is 0 Å². The van der Waals surface area contributed by atoms with E-state index in [0.29, 0.717) is 6.54 Å². The Morgan fingerprint density at radius 3 is 2.79 bits per heavy atom. The summed E-state index contributed by atoms with van der Waals surface area (Å²) in [6.07, 6.45) is 4.87. The molecule has 2 N–H and O–H groups in total. The van der Waals surface area contributed by atoms with Crippen LogP contribution in [-0.4, -0.2) is 4.57 Å². The Kier molecular flexibility index (Phi) is 1.64. The lowest BCUT2D eigenvalue weighted by molar-refractivity contribution is 0.771. The number of para-hydroxylation sites is 1. The lowest BCUT2D eigenvalue weighted by Gasteiger charge is -2.00. The molecule has 3 rings (SSSR count). The topological polar surface area (TPSA) is 30.9 Å². The Labute approximate surface area is 83.3 Å². The third-order valence-electron chi connectivity index (χ3n) is 2.98. The smallest absolute Gasteiger partial charge is 0.0486 e. The van der Waals surface area contributed by atoms with E-state index in [1.165, 1.54) is 29.3 Å². The molecular weight excluding hydrogens is 172 g/mol. The molecule has 0 radical (unpaired) electrons. The first-order chi connectivity index (χ1) is 6.90. The summed E-state index contributed by atoms with van der Waals surface area (Å²) < 4.78 is 2.39. The van der Waals surface area contributed by atoms with Crippen LogP contribution < -0.4 is 5.73 Å². The summed E-state index contributed by atoms with van der Waals surface area (Å²) in [6.45, 7) is 0.639. The van der Waals surface area contributed by atoms with Crippen LogP contribution >= 0.6 is 0 Å². The van der Waals surface area contributed by atoms with Gasteiger partial charge in [0.2, 0.25) is 0 Å². The minimum atomic E-state index is 0.639. The fourth-order valence-corrected chi connectivity index (χ4v) is 2.09. The maximum atomic E-state index is 5.74. The normalized spacial score (nSPS) is 16.4. The summed E-state index contributed by atoms with van der Waals surface area (Å²) in [5.74, 6) is 0. The van der Waals surface area contributed by atoms with Crippen LogP contribution in [0.2, 0.25) is 0 Å². The summed E-state index contributed by atoms with van der Waals surface area (Å²) in [5, 5.41) is 1.32. The maximum absolute atomic E-state index is 5.74. The van der Waals surface area contributed by atoms with Crippen LogP contribution in [0, 0.1) is 0 Å². The van der Waals surface area contributed by atoms with Crippen molar-refractivity contribution in [3.8, 4) is 0 Å². The molecule has 1 aromatic heterocycles. The van der Waals surface area contributed by atoms with E-state index in [1.807, 2.05) is 0 Å². The van der Waals surface area contributed by atoms with Gasteiger partial charge in [0.15, 0.2) is 0 Å². The molecule has 1 fully saturated rings. The summed E-state index contributed by atoms with van der Waals surface area (Å²) in [6, 6.07) is 9.27. The molecule has 14 heavy (non-hydrogen) atoms. The Hall–Kier alpha value is -1.28. The first kappa shape index (κ1) is 8.06. The largest absolute Gasteiger partial charge is 0.344 e. The summed E-state index contributed by atoms with van der Waals surface area (Å²) >= 11 is 0. The minimum absolute atomic E-state index is 0.639. The lowest BCUT2D eigenvalue weighted by atomic mass is 10.2. The van der Waals surface area contributed by atoms with Crippen molar-refractivity contribution in [2.45, 2.75) is 25.4 Å². The Balaban J connectivity index is 2.28. The molecule has 0 bridgehead atoms. The fourth-order valence-electron chi connectivity index (χ4n) is 2.09. The zero-order chi connectivity index (χ0) is 9.54. The number of nitrogens with zero attached hydrogens (tertiary/aromatic N) is 1. The number of nitrogens with two attached hydrogens (primary N) is 1. The van der Waals surface area contributed by atoms with Gasteiger partial charge in [-0.05, 0) is 24.5 Å². The molecule has 72 valence electrons. The van der Waals surface area contributed by atoms with E-state index in [-0.39, 0.29) is 0 Å². The summed E-state index contributed by atoms with van der Waals surface area (Å²) in [7, 11) is 0. The SMILES string of the molecule is NCc1cn(C2CC2)c2ccccc12. The third kappa shape index (κ3) is 1.07. The van der Waals surface area contributed by atoms with Crippen molar-refractivity contribution in [2.24, 2.45) is 5.73 Å². The van der Waals surface area contributed by atoms with E-state index in [1.54, 1.807) is 0 Å². The average Bonchev–Trinajstić information content (AvgIpc) is 3.00. The summed E-state index contributed by atoms with van der Waals surface area (Å²) in [5.41, 5.74) is 8.35. The highest BCUT2D eigenvalue weighted by Crippen LogP contribution is 2.38. The van der Waals surface area contributed by atoms with Gasteiger partial charge in [0.25, 0.3) is 0 Å². The second-order valence-electron chi connectivity index (χ2n) is 4.01. The van der Waals surface area contributed by atoms with Crippen molar-refractivity contribution < 1.29 is 0 Å². The molecule has 2 heteroatoms. The number of hydrogen-bond acceptors (Lipinski definition) is 1. The molecule has 2 aromatic rings. The molecule has 1 aliphatic rings. The molecule has 0 aliphatic heterocycles. The second-order valence-corrected chi connectivity index (χ2v) is 4.01. The van der Waals surface area contributed by atoms with Gasteiger partial charge in [-0.1, -0.05) is 18.2 Å². The molecule has 1 aromatic carbocycles. The molecular formula is C12H14N2. The van der Waals surface area contributed by atoms with E-state index in [4.69, 9.17) is 5.73 Å². The molecule has 1 aliphatic carbocycles. The van der Waals surface area contributed by atoms with Gasteiger partial charge >= 0.3 is 0 Å². The van der Waals surface area contributed by atoms with Gasteiger partial charge in [0, 0.05) is 29.7 Å². The highest BCUT2D eigenvalue weighted by Gasteiger charge is 2.25. The number of benzene rings is 1. The molecule has 0 saturated heterocycles. The van der Waals surface area contributed by atoms with Gasteiger partial charge in [0.05, 0.1) is 0 Å². The number of aromatic nitrogens is 1. The predicted octanol–water partition coefficient (Wildman–Crippen LogP) is 2.43. The van der Waals surface area contributed by atoms with Crippen molar-refractivity contribution in [2.75, 3.05) is 0 Å². The fraction of sp³-hybridized carbons (Fsp3) is 0.333. The molecule has 1 saturated carbocycles. The number of hydrogen-bond donors (Lipinski definition) is 1. The number of fused-ring (bicyclic) bond motifs is 1. The van der Waals surface area contributed by atoms with Crippen LogP contribution in [0.25, 0.3) is 10.9 Å². The molecule has 0 spiro atoms. The third-order valence-corrected chi connectivity index (χ3v) is 2.98. The van der Waals surface area contributed by atoms with Crippen LogP contribution in [0.5, 0.6) is 0 Å². The van der Waals surface area contributed by atoms with Gasteiger partial charge in [-0.2, -0.15) is 0 Å². The van der Waals surface area contributed by atoms with Crippen molar-refractivity contribution in [1.29, 1.82) is 0 Å². The average molecular weight is 186 g/mol. The molecule has 2 nitrogen and oxygen atoms in total. The van der Waals surface area contributed by atoms with E-state index in [0.717, 1.165) is 6.04 Å². The highest BCUT2D eigenvalue weighted by molar-refractivity contribution is 5.84. The molecule has 1 heterocycles. The van der Waals surface area contributed by atoms with Crippen LogP contribution in [0.15, 0.2) is 30.5 Å². The van der Waals surface area contributed by atoms with E-state index >= 15 is 0 Å². The van der Waals surface area contributed by atoms with Crippen molar-refractivity contribution >= 4 is 10.9 Å². The summed E-state index contributed by atoms with van der Waals surface area (Å²) in [4.78, 5) is 0.